The van der Waals surface area contributed by atoms with Gasteiger partial charge >= 0.3 is 0 Å². The zero-order valence-electron chi connectivity index (χ0n) is 9.66. The molecule has 1 heterocycles. The van der Waals surface area contributed by atoms with Gasteiger partial charge in [0, 0.05) is 18.3 Å². The van der Waals surface area contributed by atoms with E-state index in [2.05, 4.69) is 17.0 Å². The molecule has 1 unspecified atom stereocenters. The van der Waals surface area contributed by atoms with Gasteiger partial charge in [-0.05, 0) is 26.8 Å². The van der Waals surface area contributed by atoms with Crippen LogP contribution >= 0.6 is 0 Å². The highest BCUT2D eigenvalue weighted by molar-refractivity contribution is 5.87. The van der Waals surface area contributed by atoms with E-state index in [1.165, 1.54) is 6.08 Å². The highest BCUT2D eigenvalue weighted by atomic mass is 16.1. The van der Waals surface area contributed by atoms with Crippen molar-refractivity contribution in [1.29, 1.82) is 0 Å². The Labute approximate surface area is 90.0 Å². The fourth-order valence-electron chi connectivity index (χ4n) is 1.76. The van der Waals surface area contributed by atoms with E-state index in [0.29, 0.717) is 0 Å². The molecule has 1 N–H and O–H groups in total. The Kier molecular flexibility index (Phi) is 3.29. The van der Waals surface area contributed by atoms with Crippen LogP contribution in [0.15, 0.2) is 12.7 Å². The van der Waals surface area contributed by atoms with Crippen LogP contribution in [0.5, 0.6) is 0 Å². The summed E-state index contributed by atoms with van der Waals surface area (Å²) in [6.45, 7) is 9.30. The summed E-state index contributed by atoms with van der Waals surface area (Å²) in [5, 5.41) is 7.13. The summed E-state index contributed by atoms with van der Waals surface area (Å²) in [4.78, 5) is 11.2. The number of amides is 1. The predicted molar refractivity (Wildman–Crippen MR) is 59.4 cm³/mol. The van der Waals surface area contributed by atoms with Crippen LogP contribution in [-0.4, -0.2) is 15.7 Å². The monoisotopic (exact) mass is 207 g/mol. The maximum atomic E-state index is 11.2. The summed E-state index contributed by atoms with van der Waals surface area (Å²) in [5.41, 5.74) is 3.10. The van der Waals surface area contributed by atoms with E-state index in [1.54, 1.807) is 0 Å². The van der Waals surface area contributed by atoms with Crippen molar-refractivity contribution in [3.63, 3.8) is 0 Å². The summed E-state index contributed by atoms with van der Waals surface area (Å²) >= 11 is 0. The van der Waals surface area contributed by atoms with Gasteiger partial charge in [0.25, 0.3) is 0 Å². The molecule has 0 aliphatic rings. The molecule has 0 saturated heterocycles. The van der Waals surface area contributed by atoms with Crippen LogP contribution in [0.25, 0.3) is 0 Å². The van der Waals surface area contributed by atoms with E-state index < -0.39 is 0 Å². The van der Waals surface area contributed by atoms with Gasteiger partial charge in [0.15, 0.2) is 0 Å². The number of carbonyl (C=O) groups is 1. The molecule has 15 heavy (non-hydrogen) atoms. The topological polar surface area (TPSA) is 46.9 Å². The quantitative estimate of drug-likeness (QED) is 0.761. The second-order valence-electron chi connectivity index (χ2n) is 3.64. The zero-order valence-corrected chi connectivity index (χ0v) is 9.66. The van der Waals surface area contributed by atoms with Gasteiger partial charge in [0.2, 0.25) is 5.91 Å². The fraction of sp³-hybridized carbons (Fsp3) is 0.455. The highest BCUT2D eigenvalue weighted by Crippen LogP contribution is 2.20. The molecule has 0 fully saturated rings. The van der Waals surface area contributed by atoms with Crippen molar-refractivity contribution >= 4 is 5.91 Å². The van der Waals surface area contributed by atoms with E-state index in [1.807, 2.05) is 32.5 Å². The molecule has 0 saturated carbocycles. The van der Waals surface area contributed by atoms with Gasteiger partial charge in [-0.2, -0.15) is 5.10 Å². The summed E-state index contributed by atoms with van der Waals surface area (Å²) in [6, 6.07) is -0.0378. The standard InChI is InChI=1S/C11H17N3O/c1-6-10(15)12-7(2)11-8(3)13-14(5)9(11)4/h6-7H,1H2,2-5H3,(H,12,15). The number of hydrogen-bond donors (Lipinski definition) is 1. The number of nitrogens with one attached hydrogen (secondary N) is 1. The number of carbonyl (C=O) groups excluding carboxylic acids is 1. The molecule has 4 heteroatoms. The van der Waals surface area contributed by atoms with E-state index >= 15 is 0 Å². The number of nitrogens with zero attached hydrogens (tertiary/aromatic N) is 2. The number of aryl methyl sites for hydroxylation is 2. The zero-order chi connectivity index (χ0) is 11.6. The lowest BCUT2D eigenvalue weighted by molar-refractivity contribution is -0.117. The van der Waals surface area contributed by atoms with E-state index in [9.17, 15) is 4.79 Å². The van der Waals surface area contributed by atoms with Crippen LogP contribution in [0, 0.1) is 13.8 Å². The molecule has 1 rings (SSSR count). The molecule has 82 valence electrons. The van der Waals surface area contributed by atoms with E-state index in [0.717, 1.165) is 17.0 Å². The van der Waals surface area contributed by atoms with Gasteiger partial charge in [0.05, 0.1) is 11.7 Å². The average Bonchev–Trinajstić information content (AvgIpc) is 2.41. The van der Waals surface area contributed by atoms with Crippen molar-refractivity contribution in [2.45, 2.75) is 26.8 Å². The Morgan fingerprint density at radius 3 is 2.60 bits per heavy atom. The van der Waals surface area contributed by atoms with Crippen molar-refractivity contribution in [3.8, 4) is 0 Å². The summed E-state index contributed by atoms with van der Waals surface area (Å²) < 4.78 is 1.82. The summed E-state index contributed by atoms with van der Waals surface area (Å²) in [7, 11) is 1.90. The molecule has 1 aromatic rings. The minimum atomic E-state index is -0.162. The van der Waals surface area contributed by atoms with Crippen molar-refractivity contribution in [2.75, 3.05) is 0 Å². The maximum Gasteiger partial charge on any atom is 0.243 e. The summed E-state index contributed by atoms with van der Waals surface area (Å²) in [6.07, 6.45) is 1.28. The molecule has 0 radical (unpaired) electrons. The first-order valence-electron chi connectivity index (χ1n) is 4.90. The smallest absolute Gasteiger partial charge is 0.243 e. The molecule has 0 aliphatic carbocycles. The number of rotatable bonds is 3. The van der Waals surface area contributed by atoms with Gasteiger partial charge in [-0.25, -0.2) is 0 Å². The van der Waals surface area contributed by atoms with Crippen LogP contribution < -0.4 is 5.32 Å². The molecule has 1 aromatic heterocycles. The fourth-order valence-corrected chi connectivity index (χ4v) is 1.76. The molecule has 0 bridgehead atoms. The van der Waals surface area contributed by atoms with Gasteiger partial charge in [0.1, 0.15) is 0 Å². The van der Waals surface area contributed by atoms with Crippen LogP contribution in [0.1, 0.15) is 29.9 Å². The molecule has 0 aliphatic heterocycles. The first-order chi connectivity index (χ1) is 6.97. The Hall–Kier alpha value is -1.58. The maximum absolute atomic E-state index is 11.2. The Bertz CT molecular complexity index is 393. The third kappa shape index (κ3) is 2.26. The molecule has 0 spiro atoms. The minimum Gasteiger partial charge on any atom is -0.346 e. The van der Waals surface area contributed by atoms with Crippen molar-refractivity contribution in [1.82, 2.24) is 15.1 Å². The summed E-state index contributed by atoms with van der Waals surface area (Å²) in [5.74, 6) is -0.162. The Morgan fingerprint density at radius 1 is 1.60 bits per heavy atom. The van der Waals surface area contributed by atoms with Crippen LogP contribution in [0.3, 0.4) is 0 Å². The molecular weight excluding hydrogens is 190 g/mol. The first kappa shape index (κ1) is 11.5. The van der Waals surface area contributed by atoms with Crippen LogP contribution in [-0.2, 0) is 11.8 Å². The molecule has 1 amide bonds. The van der Waals surface area contributed by atoms with Crippen molar-refractivity contribution in [3.05, 3.63) is 29.6 Å². The lowest BCUT2D eigenvalue weighted by atomic mass is 10.1. The third-order valence-corrected chi connectivity index (χ3v) is 2.54. The SMILES string of the molecule is C=CC(=O)NC(C)c1c(C)nn(C)c1C. The second kappa shape index (κ2) is 4.29. The largest absolute Gasteiger partial charge is 0.346 e. The van der Waals surface area contributed by atoms with Crippen molar-refractivity contribution < 1.29 is 4.79 Å². The van der Waals surface area contributed by atoms with E-state index in [4.69, 9.17) is 0 Å². The van der Waals surface area contributed by atoms with Crippen LogP contribution in [0.2, 0.25) is 0 Å². The number of hydrogen-bond acceptors (Lipinski definition) is 2. The third-order valence-electron chi connectivity index (χ3n) is 2.54. The second-order valence-corrected chi connectivity index (χ2v) is 3.64. The molecule has 0 aromatic carbocycles. The van der Waals surface area contributed by atoms with Gasteiger partial charge in [-0.15, -0.1) is 0 Å². The van der Waals surface area contributed by atoms with Gasteiger partial charge in [-0.3, -0.25) is 9.48 Å². The first-order valence-corrected chi connectivity index (χ1v) is 4.90. The average molecular weight is 207 g/mol. The van der Waals surface area contributed by atoms with Gasteiger partial charge < -0.3 is 5.32 Å². The number of aromatic nitrogens is 2. The Balaban J connectivity index is 2.95. The van der Waals surface area contributed by atoms with Crippen LogP contribution in [0.4, 0.5) is 0 Å². The van der Waals surface area contributed by atoms with Crippen molar-refractivity contribution in [2.24, 2.45) is 7.05 Å². The van der Waals surface area contributed by atoms with Gasteiger partial charge in [-0.1, -0.05) is 6.58 Å². The lowest BCUT2D eigenvalue weighted by Gasteiger charge is -2.13. The highest BCUT2D eigenvalue weighted by Gasteiger charge is 2.16. The molecule has 1 atom stereocenters. The van der Waals surface area contributed by atoms with E-state index in [-0.39, 0.29) is 11.9 Å². The minimum absolute atomic E-state index is 0.0378. The normalized spacial score (nSPS) is 12.3. The lowest BCUT2D eigenvalue weighted by Crippen LogP contribution is -2.25. The predicted octanol–water partition coefficient (Wildman–Crippen LogP) is 1.40. The Morgan fingerprint density at radius 2 is 2.20 bits per heavy atom. The molecular formula is C11H17N3O. The molecule has 4 nitrogen and oxygen atoms in total.